The summed E-state index contributed by atoms with van der Waals surface area (Å²) >= 11 is 0. The summed E-state index contributed by atoms with van der Waals surface area (Å²) in [5.41, 5.74) is 4.79. The van der Waals surface area contributed by atoms with Gasteiger partial charge in [0.05, 0.1) is 11.4 Å². The fourth-order valence-electron chi connectivity index (χ4n) is 2.60. The predicted octanol–water partition coefficient (Wildman–Crippen LogP) is 2.89. The van der Waals surface area contributed by atoms with Crippen LogP contribution in [-0.4, -0.2) is 14.8 Å². The zero-order valence-electron chi connectivity index (χ0n) is 11.9. The molecule has 0 spiro atoms. The lowest BCUT2D eigenvalue weighted by Gasteiger charge is -2.04. The van der Waals surface area contributed by atoms with E-state index >= 15 is 0 Å². The molecule has 0 amide bonds. The van der Waals surface area contributed by atoms with Crippen LogP contribution < -0.4 is 5.56 Å². The average molecular weight is 267 g/mol. The Morgan fingerprint density at radius 1 is 1.20 bits per heavy atom. The number of hydrogen-bond donors (Lipinski definition) is 1. The van der Waals surface area contributed by atoms with Gasteiger partial charge in [-0.3, -0.25) is 4.79 Å². The van der Waals surface area contributed by atoms with E-state index in [0.717, 1.165) is 34.4 Å². The molecule has 1 N–H and O–H groups in total. The third-order valence-electron chi connectivity index (χ3n) is 3.63. The second-order valence-corrected chi connectivity index (χ2v) is 5.06. The predicted molar refractivity (Wildman–Crippen MR) is 80.5 cm³/mol. The number of pyridine rings is 1. The molecule has 0 unspecified atom stereocenters. The van der Waals surface area contributed by atoms with Gasteiger partial charge in [0.15, 0.2) is 0 Å². The largest absolute Gasteiger partial charge is 0.306 e. The van der Waals surface area contributed by atoms with Crippen LogP contribution >= 0.6 is 0 Å². The number of H-pyrrole nitrogens is 1. The second-order valence-electron chi connectivity index (χ2n) is 5.06. The second kappa shape index (κ2) is 4.63. The molecular formula is C16H17N3O. The van der Waals surface area contributed by atoms with E-state index in [1.165, 1.54) is 5.56 Å². The fraction of sp³-hybridized carbons (Fsp3) is 0.250. The fourth-order valence-corrected chi connectivity index (χ4v) is 2.60. The Bertz CT molecular complexity index is 825. The normalized spacial score (nSPS) is 11.2. The van der Waals surface area contributed by atoms with E-state index in [0.29, 0.717) is 0 Å². The van der Waals surface area contributed by atoms with Crippen molar-refractivity contribution in [1.29, 1.82) is 0 Å². The maximum atomic E-state index is 11.7. The van der Waals surface area contributed by atoms with E-state index in [1.807, 2.05) is 26.0 Å². The van der Waals surface area contributed by atoms with Gasteiger partial charge in [0.2, 0.25) is 5.56 Å². The number of aromatic amines is 1. The molecule has 3 aromatic rings. The van der Waals surface area contributed by atoms with E-state index < -0.39 is 0 Å². The minimum absolute atomic E-state index is 0.0960. The summed E-state index contributed by atoms with van der Waals surface area (Å²) in [7, 11) is 0. The lowest BCUT2D eigenvalue weighted by Crippen LogP contribution is -2.07. The van der Waals surface area contributed by atoms with Crippen molar-refractivity contribution in [2.45, 2.75) is 27.2 Å². The lowest BCUT2D eigenvalue weighted by molar-refractivity contribution is 0.874. The van der Waals surface area contributed by atoms with Gasteiger partial charge in [0, 0.05) is 11.5 Å². The Hall–Kier alpha value is -2.36. The Morgan fingerprint density at radius 3 is 2.55 bits per heavy atom. The van der Waals surface area contributed by atoms with Crippen molar-refractivity contribution in [3.05, 3.63) is 57.5 Å². The van der Waals surface area contributed by atoms with E-state index in [4.69, 9.17) is 0 Å². The van der Waals surface area contributed by atoms with Gasteiger partial charge in [-0.15, -0.1) is 0 Å². The first-order valence-electron chi connectivity index (χ1n) is 6.78. The van der Waals surface area contributed by atoms with Crippen LogP contribution in [0.5, 0.6) is 0 Å². The van der Waals surface area contributed by atoms with Gasteiger partial charge in [0.1, 0.15) is 5.65 Å². The summed E-state index contributed by atoms with van der Waals surface area (Å²) in [6.45, 7) is 6.03. The van der Waals surface area contributed by atoms with Crippen LogP contribution in [0.25, 0.3) is 16.7 Å². The van der Waals surface area contributed by atoms with Gasteiger partial charge >= 0.3 is 0 Å². The molecule has 0 saturated heterocycles. The first-order chi connectivity index (χ1) is 9.60. The van der Waals surface area contributed by atoms with E-state index in [2.05, 4.69) is 29.1 Å². The molecule has 0 saturated carbocycles. The molecule has 4 heteroatoms. The van der Waals surface area contributed by atoms with E-state index in [1.54, 1.807) is 10.7 Å². The van der Waals surface area contributed by atoms with Crippen molar-refractivity contribution in [2.75, 3.05) is 0 Å². The van der Waals surface area contributed by atoms with E-state index in [-0.39, 0.29) is 5.56 Å². The summed E-state index contributed by atoms with van der Waals surface area (Å²) in [6.07, 6.45) is 1.01. The molecule has 0 atom stereocenters. The number of nitrogens with one attached hydrogen (secondary N) is 1. The summed E-state index contributed by atoms with van der Waals surface area (Å²) in [6, 6.07) is 9.86. The summed E-state index contributed by atoms with van der Waals surface area (Å²) in [4.78, 5) is 14.6. The monoisotopic (exact) mass is 267 g/mol. The summed E-state index contributed by atoms with van der Waals surface area (Å²) in [5, 5.41) is 5.58. The number of nitrogens with zero attached hydrogens (tertiary/aromatic N) is 2. The first kappa shape index (κ1) is 12.7. The van der Waals surface area contributed by atoms with Crippen LogP contribution in [0, 0.1) is 13.8 Å². The van der Waals surface area contributed by atoms with Gasteiger partial charge in [-0.25, -0.2) is 4.68 Å². The molecule has 0 aliphatic rings. The van der Waals surface area contributed by atoms with Gasteiger partial charge in [-0.2, -0.15) is 5.10 Å². The van der Waals surface area contributed by atoms with Gasteiger partial charge in [0.25, 0.3) is 0 Å². The summed E-state index contributed by atoms with van der Waals surface area (Å²) < 4.78 is 1.80. The van der Waals surface area contributed by atoms with Crippen LogP contribution in [0.15, 0.2) is 35.1 Å². The number of rotatable bonds is 2. The van der Waals surface area contributed by atoms with Crippen molar-refractivity contribution in [3.8, 4) is 5.69 Å². The third kappa shape index (κ3) is 1.93. The van der Waals surface area contributed by atoms with Gasteiger partial charge in [-0.1, -0.05) is 19.1 Å². The molecule has 2 aromatic heterocycles. The Kier molecular flexibility index (Phi) is 2.93. The van der Waals surface area contributed by atoms with Crippen molar-refractivity contribution >= 4 is 11.0 Å². The molecule has 4 nitrogen and oxygen atoms in total. The maximum absolute atomic E-state index is 11.7. The van der Waals surface area contributed by atoms with Crippen LogP contribution in [0.3, 0.4) is 0 Å². The highest BCUT2D eigenvalue weighted by molar-refractivity contribution is 5.82. The summed E-state index contributed by atoms with van der Waals surface area (Å²) in [5.74, 6) is 0. The number of benzene rings is 1. The number of aromatic nitrogens is 3. The highest BCUT2D eigenvalue weighted by Crippen LogP contribution is 2.22. The highest BCUT2D eigenvalue weighted by atomic mass is 16.1. The molecule has 0 radical (unpaired) electrons. The molecule has 0 aliphatic heterocycles. The van der Waals surface area contributed by atoms with Crippen LogP contribution in [0.1, 0.15) is 23.7 Å². The molecule has 102 valence electrons. The highest BCUT2D eigenvalue weighted by Gasteiger charge is 2.12. The zero-order chi connectivity index (χ0) is 14.3. The van der Waals surface area contributed by atoms with Crippen LogP contribution in [0.2, 0.25) is 0 Å². The molecule has 0 bridgehead atoms. The maximum Gasteiger partial charge on any atom is 0.249 e. The first-order valence-corrected chi connectivity index (χ1v) is 6.78. The van der Waals surface area contributed by atoms with E-state index in [9.17, 15) is 4.79 Å². The minimum atomic E-state index is -0.0960. The SMILES string of the molecule is CCc1ccc(-n2nc(C)c3c(C)cc(=O)[nH]c32)cc1. The van der Waals surface area contributed by atoms with Crippen molar-refractivity contribution < 1.29 is 0 Å². The Labute approximate surface area is 117 Å². The topological polar surface area (TPSA) is 50.7 Å². The minimum Gasteiger partial charge on any atom is -0.306 e. The third-order valence-corrected chi connectivity index (χ3v) is 3.63. The molecule has 1 aromatic carbocycles. The van der Waals surface area contributed by atoms with Crippen LogP contribution in [-0.2, 0) is 6.42 Å². The van der Waals surface area contributed by atoms with Crippen molar-refractivity contribution in [2.24, 2.45) is 0 Å². The molecule has 0 aliphatic carbocycles. The Morgan fingerprint density at radius 2 is 1.90 bits per heavy atom. The number of hydrogen-bond acceptors (Lipinski definition) is 2. The van der Waals surface area contributed by atoms with Crippen molar-refractivity contribution in [1.82, 2.24) is 14.8 Å². The standard InChI is InChI=1S/C16H17N3O/c1-4-12-5-7-13(8-6-12)19-16-15(11(3)18-19)10(2)9-14(20)17-16/h5-9H,4H2,1-3H3,(H,17,20). The van der Waals surface area contributed by atoms with Crippen molar-refractivity contribution in [3.63, 3.8) is 0 Å². The quantitative estimate of drug-likeness (QED) is 0.776. The number of fused-ring (bicyclic) bond motifs is 1. The smallest absolute Gasteiger partial charge is 0.249 e. The number of aryl methyl sites for hydroxylation is 3. The zero-order valence-corrected chi connectivity index (χ0v) is 11.9. The average Bonchev–Trinajstić information content (AvgIpc) is 2.76. The van der Waals surface area contributed by atoms with Crippen LogP contribution in [0.4, 0.5) is 0 Å². The lowest BCUT2D eigenvalue weighted by atomic mass is 10.1. The molecule has 20 heavy (non-hydrogen) atoms. The van der Waals surface area contributed by atoms with Gasteiger partial charge in [-0.05, 0) is 43.5 Å². The molecule has 3 rings (SSSR count). The van der Waals surface area contributed by atoms with Gasteiger partial charge < -0.3 is 4.98 Å². The molecular weight excluding hydrogens is 250 g/mol. The molecule has 2 heterocycles. The molecule has 0 fully saturated rings. The Balaban J connectivity index is 2.28.